The molecule has 1 nitrogen and oxygen atoms in total. The Kier molecular flexibility index (Phi) is 3.99. The van der Waals surface area contributed by atoms with E-state index in [1.54, 1.807) is 11.3 Å². The molecule has 1 heterocycles. The highest BCUT2D eigenvalue weighted by Gasteiger charge is 2.24. The van der Waals surface area contributed by atoms with Gasteiger partial charge in [-0.15, -0.1) is 11.3 Å². The summed E-state index contributed by atoms with van der Waals surface area (Å²) in [6, 6.07) is 4.65. The van der Waals surface area contributed by atoms with Gasteiger partial charge < -0.3 is 5.32 Å². The van der Waals surface area contributed by atoms with E-state index in [-0.39, 0.29) is 5.41 Å². The van der Waals surface area contributed by atoms with E-state index in [0.29, 0.717) is 6.04 Å². The van der Waals surface area contributed by atoms with E-state index in [1.165, 1.54) is 4.88 Å². The molecule has 1 rings (SSSR count). The molecule has 80 valence electrons. The number of rotatable bonds is 4. The number of thiophene rings is 1. The van der Waals surface area contributed by atoms with E-state index in [0.717, 1.165) is 10.8 Å². The van der Waals surface area contributed by atoms with Crippen molar-refractivity contribution in [3.63, 3.8) is 0 Å². The van der Waals surface area contributed by atoms with Crippen LogP contribution in [0.1, 0.15) is 32.1 Å². The van der Waals surface area contributed by atoms with E-state index in [9.17, 15) is 0 Å². The summed E-state index contributed by atoms with van der Waals surface area (Å²) in [4.78, 5) is 1.37. The lowest BCUT2D eigenvalue weighted by Gasteiger charge is -2.26. The predicted octanol–water partition coefficient (Wildman–Crippen LogP) is 3.68. The van der Waals surface area contributed by atoms with Crippen molar-refractivity contribution in [1.82, 2.24) is 5.32 Å². The fourth-order valence-corrected chi connectivity index (χ4v) is 2.80. The van der Waals surface area contributed by atoms with Crippen molar-refractivity contribution in [3.05, 3.63) is 21.3 Å². The maximum atomic E-state index is 5.94. The zero-order valence-electron chi connectivity index (χ0n) is 9.23. The van der Waals surface area contributed by atoms with Crippen LogP contribution in [0.5, 0.6) is 0 Å². The Morgan fingerprint density at radius 1 is 1.50 bits per heavy atom. The van der Waals surface area contributed by atoms with Crippen molar-refractivity contribution in [2.75, 3.05) is 7.05 Å². The molecule has 14 heavy (non-hydrogen) atoms. The maximum absolute atomic E-state index is 5.94. The van der Waals surface area contributed by atoms with Crippen LogP contribution in [-0.4, -0.2) is 13.1 Å². The van der Waals surface area contributed by atoms with Crippen molar-refractivity contribution in [2.24, 2.45) is 0 Å². The zero-order valence-corrected chi connectivity index (χ0v) is 10.8. The second kappa shape index (κ2) is 4.65. The molecule has 0 fully saturated rings. The summed E-state index contributed by atoms with van der Waals surface area (Å²) < 4.78 is 0.880. The first kappa shape index (κ1) is 12.0. The lowest BCUT2D eigenvalue weighted by Crippen LogP contribution is -2.30. The number of nitrogens with one attached hydrogen (secondary N) is 1. The molecule has 0 bridgehead atoms. The molecule has 0 spiro atoms. The molecular weight excluding hydrogens is 214 g/mol. The van der Waals surface area contributed by atoms with Crippen molar-refractivity contribution >= 4 is 22.9 Å². The summed E-state index contributed by atoms with van der Waals surface area (Å²) in [5, 5.41) is 3.27. The minimum absolute atomic E-state index is 0.209. The van der Waals surface area contributed by atoms with Crippen molar-refractivity contribution < 1.29 is 0 Å². The van der Waals surface area contributed by atoms with E-state index in [4.69, 9.17) is 11.6 Å². The van der Waals surface area contributed by atoms with Gasteiger partial charge in [0.25, 0.3) is 0 Å². The standard InChI is InChI=1S/C11H18ClNS/c1-8(13-4)7-11(2,3)9-5-6-10(12)14-9/h5-6,8,13H,7H2,1-4H3. The van der Waals surface area contributed by atoms with E-state index in [1.807, 2.05) is 13.1 Å². The Labute approximate surface area is 95.5 Å². The van der Waals surface area contributed by atoms with Crippen LogP contribution in [0.4, 0.5) is 0 Å². The maximum Gasteiger partial charge on any atom is 0.0931 e. The number of hydrogen-bond acceptors (Lipinski definition) is 2. The molecule has 0 saturated carbocycles. The molecule has 1 aromatic heterocycles. The molecule has 1 atom stereocenters. The zero-order chi connectivity index (χ0) is 10.8. The topological polar surface area (TPSA) is 12.0 Å². The third-order valence-electron chi connectivity index (χ3n) is 2.55. The van der Waals surface area contributed by atoms with Gasteiger partial charge in [-0.3, -0.25) is 0 Å². The van der Waals surface area contributed by atoms with Crippen LogP contribution in [-0.2, 0) is 5.41 Å². The molecule has 1 unspecified atom stereocenters. The van der Waals surface area contributed by atoms with Crippen LogP contribution in [0, 0.1) is 0 Å². The first-order chi connectivity index (χ1) is 6.45. The van der Waals surface area contributed by atoms with Crippen LogP contribution < -0.4 is 5.32 Å². The Bertz CT molecular complexity index is 293. The van der Waals surface area contributed by atoms with Crippen LogP contribution >= 0.6 is 22.9 Å². The van der Waals surface area contributed by atoms with Crippen LogP contribution in [0.3, 0.4) is 0 Å². The first-order valence-corrected chi connectivity index (χ1v) is 6.08. The molecule has 1 N–H and O–H groups in total. The summed E-state index contributed by atoms with van der Waals surface area (Å²) in [6.07, 6.45) is 1.13. The van der Waals surface area contributed by atoms with Gasteiger partial charge in [0.15, 0.2) is 0 Å². The predicted molar refractivity (Wildman–Crippen MR) is 65.5 cm³/mol. The lowest BCUT2D eigenvalue weighted by atomic mass is 9.85. The van der Waals surface area contributed by atoms with Crippen molar-refractivity contribution in [2.45, 2.75) is 38.6 Å². The van der Waals surface area contributed by atoms with Gasteiger partial charge in [-0.2, -0.15) is 0 Å². The largest absolute Gasteiger partial charge is 0.317 e. The molecule has 0 saturated heterocycles. The summed E-state index contributed by atoms with van der Waals surface area (Å²) in [6.45, 7) is 6.74. The molecule has 3 heteroatoms. The van der Waals surface area contributed by atoms with Crippen LogP contribution in [0.15, 0.2) is 12.1 Å². The van der Waals surface area contributed by atoms with Gasteiger partial charge in [0.1, 0.15) is 0 Å². The molecule has 1 aromatic rings. The fraction of sp³-hybridized carbons (Fsp3) is 0.636. The third kappa shape index (κ3) is 2.97. The quantitative estimate of drug-likeness (QED) is 0.834. The smallest absolute Gasteiger partial charge is 0.0931 e. The average molecular weight is 232 g/mol. The number of halogens is 1. The molecule has 0 aliphatic heterocycles. The second-order valence-corrected chi connectivity index (χ2v) is 6.10. The van der Waals surface area contributed by atoms with Gasteiger partial charge in [-0.05, 0) is 32.5 Å². The third-order valence-corrected chi connectivity index (χ3v) is 4.15. The second-order valence-electron chi connectivity index (χ2n) is 4.38. The van der Waals surface area contributed by atoms with E-state index >= 15 is 0 Å². The van der Waals surface area contributed by atoms with Crippen LogP contribution in [0.25, 0.3) is 0 Å². The Morgan fingerprint density at radius 2 is 2.14 bits per heavy atom. The van der Waals surface area contributed by atoms with Gasteiger partial charge in [-0.25, -0.2) is 0 Å². The highest BCUT2D eigenvalue weighted by molar-refractivity contribution is 7.16. The minimum atomic E-state index is 0.209. The Balaban J connectivity index is 2.74. The normalized spacial score (nSPS) is 14.4. The Hall–Kier alpha value is -0.0500. The van der Waals surface area contributed by atoms with Gasteiger partial charge in [0.2, 0.25) is 0 Å². The summed E-state index contributed by atoms with van der Waals surface area (Å²) in [5.41, 5.74) is 0.209. The summed E-state index contributed by atoms with van der Waals surface area (Å²) in [5.74, 6) is 0. The van der Waals surface area contributed by atoms with Gasteiger partial charge in [0, 0.05) is 16.3 Å². The Morgan fingerprint density at radius 3 is 2.57 bits per heavy atom. The minimum Gasteiger partial charge on any atom is -0.317 e. The van der Waals surface area contributed by atoms with Gasteiger partial charge in [0.05, 0.1) is 4.34 Å². The SMILES string of the molecule is CNC(C)CC(C)(C)c1ccc(Cl)s1. The van der Waals surface area contributed by atoms with Crippen LogP contribution in [0.2, 0.25) is 4.34 Å². The average Bonchev–Trinajstić information content (AvgIpc) is 2.51. The first-order valence-electron chi connectivity index (χ1n) is 4.89. The molecule has 0 radical (unpaired) electrons. The fourth-order valence-electron chi connectivity index (χ4n) is 1.65. The molecule has 0 aromatic carbocycles. The molecular formula is C11H18ClNS. The highest BCUT2D eigenvalue weighted by atomic mass is 35.5. The monoisotopic (exact) mass is 231 g/mol. The number of hydrogen-bond donors (Lipinski definition) is 1. The lowest BCUT2D eigenvalue weighted by molar-refractivity contribution is 0.411. The molecule has 0 aliphatic carbocycles. The highest BCUT2D eigenvalue weighted by Crippen LogP contribution is 2.35. The van der Waals surface area contributed by atoms with Gasteiger partial charge >= 0.3 is 0 Å². The van der Waals surface area contributed by atoms with Crippen molar-refractivity contribution in [1.29, 1.82) is 0 Å². The van der Waals surface area contributed by atoms with E-state index < -0.39 is 0 Å². The summed E-state index contributed by atoms with van der Waals surface area (Å²) >= 11 is 7.62. The molecule has 0 aliphatic rings. The van der Waals surface area contributed by atoms with Gasteiger partial charge in [-0.1, -0.05) is 25.4 Å². The molecule has 0 amide bonds. The van der Waals surface area contributed by atoms with E-state index in [2.05, 4.69) is 32.2 Å². The summed E-state index contributed by atoms with van der Waals surface area (Å²) in [7, 11) is 2.00. The van der Waals surface area contributed by atoms with Crippen molar-refractivity contribution in [3.8, 4) is 0 Å².